The molecule has 0 spiro atoms. The van der Waals surface area contributed by atoms with E-state index in [1.807, 2.05) is 12.1 Å². The van der Waals surface area contributed by atoms with Gasteiger partial charge in [-0.1, -0.05) is 29.4 Å². The van der Waals surface area contributed by atoms with E-state index in [9.17, 15) is 4.39 Å². The molecule has 4 nitrogen and oxygen atoms in total. The molecule has 0 bridgehead atoms. The Morgan fingerprint density at radius 2 is 1.95 bits per heavy atom. The molecule has 3 rings (SSSR count). The van der Waals surface area contributed by atoms with E-state index in [-0.39, 0.29) is 5.82 Å². The average Bonchev–Trinajstić information content (AvgIpc) is 2.83. The van der Waals surface area contributed by atoms with Crippen LogP contribution in [-0.2, 0) is 0 Å². The van der Waals surface area contributed by atoms with Gasteiger partial charge in [-0.25, -0.2) is 9.37 Å². The van der Waals surface area contributed by atoms with Crippen LogP contribution in [0.15, 0.2) is 47.6 Å². The van der Waals surface area contributed by atoms with Crippen molar-refractivity contribution >= 4 is 27.2 Å². The van der Waals surface area contributed by atoms with Gasteiger partial charge >= 0.3 is 0 Å². The van der Waals surface area contributed by atoms with E-state index < -0.39 is 0 Å². The molecule has 1 heterocycles. The summed E-state index contributed by atoms with van der Waals surface area (Å²) in [5.41, 5.74) is 10.6. The molecule has 0 aliphatic heterocycles. The minimum absolute atomic E-state index is 0.263. The number of fused-ring (bicyclic) bond motifs is 1. The van der Waals surface area contributed by atoms with E-state index in [4.69, 9.17) is 5.53 Å². The molecule has 0 fully saturated rings. The van der Waals surface area contributed by atoms with Gasteiger partial charge < -0.3 is 0 Å². The molecule has 0 atom stereocenters. The largest absolute Gasteiger partial charge is 0.236 e. The molecule has 1 aromatic heterocycles. The molecule has 0 aliphatic carbocycles. The third-order valence-corrected chi connectivity index (χ3v) is 3.69. The van der Waals surface area contributed by atoms with Crippen LogP contribution in [0.25, 0.3) is 31.2 Å². The Morgan fingerprint density at radius 1 is 1.16 bits per heavy atom. The zero-order valence-corrected chi connectivity index (χ0v) is 10.4. The fourth-order valence-corrected chi connectivity index (χ4v) is 2.74. The van der Waals surface area contributed by atoms with Gasteiger partial charge in [-0.2, -0.15) is 0 Å². The maximum Gasteiger partial charge on any atom is 0.124 e. The van der Waals surface area contributed by atoms with E-state index in [1.165, 1.54) is 23.5 Å². The molecule has 6 heteroatoms. The summed E-state index contributed by atoms with van der Waals surface area (Å²) in [7, 11) is 0. The SMILES string of the molecule is [N-]=[N+]=Nc1ccc(-c2nc3ccc(F)cc3s2)cc1. The Morgan fingerprint density at radius 3 is 2.68 bits per heavy atom. The minimum Gasteiger partial charge on any atom is -0.236 e. The number of nitrogens with zero attached hydrogens (tertiary/aromatic N) is 4. The van der Waals surface area contributed by atoms with Crippen LogP contribution in [0, 0.1) is 5.82 Å². The molecular weight excluding hydrogens is 263 g/mol. The Hall–Kier alpha value is -2.43. The summed E-state index contributed by atoms with van der Waals surface area (Å²) in [6.45, 7) is 0. The molecule has 3 aromatic rings. The van der Waals surface area contributed by atoms with E-state index >= 15 is 0 Å². The van der Waals surface area contributed by atoms with Crippen molar-refractivity contribution in [1.82, 2.24) is 4.98 Å². The van der Waals surface area contributed by atoms with Crippen LogP contribution >= 0.6 is 11.3 Å². The lowest BCUT2D eigenvalue weighted by Gasteiger charge is -1.95. The summed E-state index contributed by atoms with van der Waals surface area (Å²) >= 11 is 1.43. The second-order valence-electron chi connectivity index (χ2n) is 3.87. The third-order valence-electron chi connectivity index (χ3n) is 2.62. The molecule has 0 saturated heterocycles. The van der Waals surface area contributed by atoms with Crippen molar-refractivity contribution < 1.29 is 4.39 Å². The standard InChI is InChI=1S/C13H7FN4S/c14-9-3-6-11-12(7-9)19-13(16-11)8-1-4-10(5-2-8)17-18-15/h1-7H. The molecule has 92 valence electrons. The van der Waals surface area contributed by atoms with Gasteiger partial charge in [-0.3, -0.25) is 0 Å². The van der Waals surface area contributed by atoms with Crippen molar-refractivity contribution in [3.63, 3.8) is 0 Å². The smallest absolute Gasteiger partial charge is 0.124 e. The van der Waals surface area contributed by atoms with Crippen LogP contribution in [0.4, 0.5) is 10.1 Å². The van der Waals surface area contributed by atoms with Crippen molar-refractivity contribution in [1.29, 1.82) is 0 Å². The number of benzene rings is 2. The first-order chi connectivity index (χ1) is 9.26. The average molecular weight is 270 g/mol. The van der Waals surface area contributed by atoms with E-state index in [1.54, 1.807) is 18.2 Å². The Balaban J connectivity index is 2.05. The van der Waals surface area contributed by atoms with Gasteiger partial charge in [0.2, 0.25) is 0 Å². The summed E-state index contributed by atoms with van der Waals surface area (Å²) in [6.07, 6.45) is 0. The fraction of sp³-hybridized carbons (Fsp3) is 0. The summed E-state index contributed by atoms with van der Waals surface area (Å²) in [4.78, 5) is 7.17. The van der Waals surface area contributed by atoms with Gasteiger partial charge in [0.05, 0.1) is 10.2 Å². The molecule has 0 unspecified atom stereocenters. The second-order valence-corrected chi connectivity index (χ2v) is 4.90. The first-order valence-electron chi connectivity index (χ1n) is 5.48. The monoisotopic (exact) mass is 270 g/mol. The predicted octanol–water partition coefficient (Wildman–Crippen LogP) is 5.04. The first-order valence-corrected chi connectivity index (χ1v) is 6.29. The number of hydrogen-bond donors (Lipinski definition) is 0. The highest BCUT2D eigenvalue weighted by Gasteiger charge is 2.06. The maximum absolute atomic E-state index is 13.1. The molecular formula is C13H7FN4S. The van der Waals surface area contributed by atoms with E-state index in [0.29, 0.717) is 5.69 Å². The highest BCUT2D eigenvalue weighted by Crippen LogP contribution is 2.31. The number of azide groups is 1. The van der Waals surface area contributed by atoms with Gasteiger partial charge in [0.25, 0.3) is 0 Å². The Bertz CT molecular complexity index is 788. The normalized spacial score (nSPS) is 10.4. The van der Waals surface area contributed by atoms with Gasteiger partial charge in [-0.05, 0) is 23.7 Å². The molecule has 0 saturated carbocycles. The van der Waals surface area contributed by atoms with Crippen LogP contribution in [-0.4, -0.2) is 4.98 Å². The fourth-order valence-electron chi connectivity index (χ4n) is 1.74. The number of halogens is 1. The van der Waals surface area contributed by atoms with Gasteiger partial charge in [0, 0.05) is 16.2 Å². The number of aromatic nitrogens is 1. The quantitative estimate of drug-likeness (QED) is 0.365. The molecule has 2 aromatic carbocycles. The molecule has 0 aliphatic rings. The molecule has 19 heavy (non-hydrogen) atoms. The second kappa shape index (κ2) is 4.68. The summed E-state index contributed by atoms with van der Waals surface area (Å²) < 4.78 is 13.9. The van der Waals surface area contributed by atoms with Crippen LogP contribution in [0.1, 0.15) is 0 Å². The van der Waals surface area contributed by atoms with Gasteiger partial charge in [0.15, 0.2) is 0 Å². The van der Waals surface area contributed by atoms with Crippen LogP contribution < -0.4 is 0 Å². The van der Waals surface area contributed by atoms with Crippen molar-refractivity contribution in [2.24, 2.45) is 5.11 Å². The lowest BCUT2D eigenvalue weighted by molar-refractivity contribution is 0.630. The molecule has 0 amide bonds. The Labute approximate surface area is 111 Å². The highest BCUT2D eigenvalue weighted by molar-refractivity contribution is 7.21. The van der Waals surface area contributed by atoms with E-state index in [2.05, 4.69) is 15.0 Å². The van der Waals surface area contributed by atoms with Gasteiger partial charge in [-0.15, -0.1) is 11.3 Å². The summed E-state index contributed by atoms with van der Waals surface area (Å²) in [5, 5.41) is 4.32. The van der Waals surface area contributed by atoms with E-state index in [0.717, 1.165) is 20.8 Å². The number of thiazole rings is 1. The number of hydrogen-bond acceptors (Lipinski definition) is 3. The first kappa shape index (κ1) is 11.6. The third kappa shape index (κ3) is 2.27. The maximum atomic E-state index is 13.1. The zero-order valence-electron chi connectivity index (χ0n) is 9.62. The van der Waals surface area contributed by atoms with Crippen LogP contribution in [0.2, 0.25) is 0 Å². The molecule has 0 N–H and O–H groups in total. The predicted molar refractivity (Wildman–Crippen MR) is 73.8 cm³/mol. The zero-order chi connectivity index (χ0) is 13.2. The minimum atomic E-state index is -0.263. The number of rotatable bonds is 2. The van der Waals surface area contributed by atoms with Gasteiger partial charge in [0.1, 0.15) is 10.8 Å². The van der Waals surface area contributed by atoms with Crippen molar-refractivity contribution in [3.05, 3.63) is 58.7 Å². The van der Waals surface area contributed by atoms with Crippen LogP contribution in [0.5, 0.6) is 0 Å². The van der Waals surface area contributed by atoms with Crippen molar-refractivity contribution in [3.8, 4) is 10.6 Å². The molecule has 0 radical (unpaired) electrons. The summed E-state index contributed by atoms with van der Waals surface area (Å²) in [5.74, 6) is -0.263. The Kier molecular flexibility index (Phi) is 2.87. The van der Waals surface area contributed by atoms with Crippen molar-refractivity contribution in [2.45, 2.75) is 0 Å². The highest BCUT2D eigenvalue weighted by atomic mass is 32.1. The summed E-state index contributed by atoms with van der Waals surface area (Å²) in [6, 6.07) is 11.7. The van der Waals surface area contributed by atoms with Crippen LogP contribution in [0.3, 0.4) is 0 Å². The topological polar surface area (TPSA) is 61.7 Å². The lowest BCUT2D eigenvalue weighted by Crippen LogP contribution is -1.75. The van der Waals surface area contributed by atoms with Crippen molar-refractivity contribution in [2.75, 3.05) is 0 Å². The lowest BCUT2D eigenvalue weighted by atomic mass is 10.2.